The molecule has 0 unspecified atom stereocenters. The lowest BCUT2D eigenvalue weighted by Crippen LogP contribution is -2.17. The smallest absolute Gasteiger partial charge is 0.251 e. The Bertz CT molecular complexity index is 549. The van der Waals surface area contributed by atoms with Crippen molar-refractivity contribution in [2.45, 2.75) is 0 Å². The molecule has 0 aliphatic rings. The Morgan fingerprint density at radius 3 is 2.68 bits per heavy atom. The molecule has 0 bridgehead atoms. The summed E-state index contributed by atoms with van der Waals surface area (Å²) in [7, 11) is 3.08. The van der Waals surface area contributed by atoms with Crippen molar-refractivity contribution in [3.8, 4) is 17.0 Å². The summed E-state index contributed by atoms with van der Waals surface area (Å²) in [5.41, 5.74) is 1.77. The van der Waals surface area contributed by atoms with E-state index in [-0.39, 0.29) is 12.5 Å². The van der Waals surface area contributed by atoms with Crippen molar-refractivity contribution in [3.05, 3.63) is 30.3 Å². The molecule has 100 valence electrons. The highest BCUT2D eigenvalue weighted by atomic mass is 16.5. The molecule has 0 saturated carbocycles. The molecule has 0 fully saturated rings. The molecule has 1 heterocycles. The predicted octanol–water partition coefficient (Wildman–Crippen LogP) is 1.67. The van der Waals surface area contributed by atoms with E-state index >= 15 is 0 Å². The first-order chi connectivity index (χ1) is 9.22. The predicted molar refractivity (Wildman–Crippen MR) is 71.1 cm³/mol. The van der Waals surface area contributed by atoms with Gasteiger partial charge >= 0.3 is 0 Å². The summed E-state index contributed by atoms with van der Waals surface area (Å²) in [6.07, 6.45) is 0. The van der Waals surface area contributed by atoms with Gasteiger partial charge in [-0.25, -0.2) is 0 Å². The van der Waals surface area contributed by atoms with Crippen LogP contribution in [-0.2, 0) is 9.53 Å². The van der Waals surface area contributed by atoms with E-state index in [1.54, 1.807) is 13.2 Å². The first-order valence-electron chi connectivity index (χ1n) is 5.71. The van der Waals surface area contributed by atoms with Gasteiger partial charge in [0.1, 0.15) is 12.4 Å². The Morgan fingerprint density at radius 1 is 1.32 bits per heavy atom. The van der Waals surface area contributed by atoms with E-state index in [4.69, 9.17) is 9.47 Å². The van der Waals surface area contributed by atoms with Gasteiger partial charge in [0.25, 0.3) is 5.91 Å². The van der Waals surface area contributed by atoms with Crippen LogP contribution in [0.15, 0.2) is 30.3 Å². The average molecular weight is 261 g/mol. The third-order valence-corrected chi connectivity index (χ3v) is 2.52. The third-order valence-electron chi connectivity index (χ3n) is 2.52. The molecule has 0 atom stereocenters. The number of benzene rings is 1. The Labute approximate surface area is 110 Å². The van der Waals surface area contributed by atoms with Crippen LogP contribution in [0.3, 0.4) is 0 Å². The second kappa shape index (κ2) is 6.01. The number of carbonyl (C=O) groups is 1. The van der Waals surface area contributed by atoms with Gasteiger partial charge in [-0.1, -0.05) is 0 Å². The van der Waals surface area contributed by atoms with Gasteiger partial charge < -0.3 is 14.8 Å². The van der Waals surface area contributed by atoms with Crippen LogP contribution in [0.4, 0.5) is 5.82 Å². The van der Waals surface area contributed by atoms with Crippen LogP contribution in [0.2, 0.25) is 0 Å². The summed E-state index contributed by atoms with van der Waals surface area (Å²) in [5.74, 6) is 1.01. The number of amides is 1. The van der Waals surface area contributed by atoms with E-state index in [1.165, 1.54) is 7.11 Å². The Balaban J connectivity index is 2.09. The third kappa shape index (κ3) is 3.32. The van der Waals surface area contributed by atoms with Crippen LogP contribution >= 0.6 is 0 Å². The first kappa shape index (κ1) is 13.1. The van der Waals surface area contributed by atoms with Crippen LogP contribution < -0.4 is 10.1 Å². The highest BCUT2D eigenvalue weighted by Gasteiger charge is 2.07. The average Bonchev–Trinajstić information content (AvgIpc) is 2.87. The quantitative estimate of drug-likeness (QED) is 0.858. The number of hydrogen-bond acceptors (Lipinski definition) is 4. The largest absolute Gasteiger partial charge is 0.497 e. The molecule has 0 spiro atoms. The Kier molecular flexibility index (Phi) is 4.15. The summed E-state index contributed by atoms with van der Waals surface area (Å²) in [6.45, 7) is 0.00469. The molecule has 19 heavy (non-hydrogen) atoms. The van der Waals surface area contributed by atoms with Gasteiger partial charge in [0, 0.05) is 13.2 Å². The van der Waals surface area contributed by atoms with Gasteiger partial charge in [-0.15, -0.1) is 0 Å². The fourth-order valence-electron chi connectivity index (χ4n) is 1.61. The summed E-state index contributed by atoms with van der Waals surface area (Å²) < 4.78 is 9.82. The number of H-pyrrole nitrogens is 1. The zero-order valence-electron chi connectivity index (χ0n) is 10.8. The number of aromatic nitrogens is 2. The van der Waals surface area contributed by atoms with Gasteiger partial charge in [0.05, 0.1) is 12.8 Å². The van der Waals surface area contributed by atoms with Crippen LogP contribution in [0, 0.1) is 0 Å². The lowest BCUT2D eigenvalue weighted by Gasteiger charge is -2.00. The van der Waals surface area contributed by atoms with E-state index in [1.807, 2.05) is 24.3 Å². The van der Waals surface area contributed by atoms with Gasteiger partial charge in [-0.3, -0.25) is 9.89 Å². The number of aromatic amines is 1. The highest BCUT2D eigenvalue weighted by molar-refractivity contribution is 5.91. The van der Waals surface area contributed by atoms with Gasteiger partial charge in [0.2, 0.25) is 0 Å². The van der Waals surface area contributed by atoms with Crippen LogP contribution in [0.25, 0.3) is 11.3 Å². The van der Waals surface area contributed by atoms with E-state index in [9.17, 15) is 4.79 Å². The number of nitrogens with zero attached hydrogens (tertiary/aromatic N) is 1. The van der Waals surface area contributed by atoms with Crippen LogP contribution in [0.5, 0.6) is 5.75 Å². The number of methoxy groups -OCH3 is 2. The molecule has 2 aromatic rings. The molecule has 2 N–H and O–H groups in total. The number of rotatable bonds is 5. The molecule has 6 nitrogen and oxygen atoms in total. The second-order valence-electron chi connectivity index (χ2n) is 3.88. The van der Waals surface area contributed by atoms with Crippen LogP contribution in [0.1, 0.15) is 0 Å². The lowest BCUT2D eigenvalue weighted by molar-refractivity contribution is -0.119. The van der Waals surface area contributed by atoms with Crippen molar-refractivity contribution in [1.82, 2.24) is 10.2 Å². The van der Waals surface area contributed by atoms with E-state index in [2.05, 4.69) is 15.5 Å². The molecule has 0 aliphatic carbocycles. The van der Waals surface area contributed by atoms with Crippen molar-refractivity contribution in [1.29, 1.82) is 0 Å². The standard InChI is InChI=1S/C13H15N3O3/c1-18-8-13(17)14-12-7-11(15-16-12)9-3-5-10(19-2)6-4-9/h3-7H,8H2,1-2H3,(H2,14,15,16,17). The maximum Gasteiger partial charge on any atom is 0.251 e. The first-order valence-corrected chi connectivity index (χ1v) is 5.71. The van der Waals surface area contributed by atoms with Crippen LogP contribution in [-0.4, -0.2) is 36.9 Å². The summed E-state index contributed by atoms with van der Waals surface area (Å²) >= 11 is 0. The van der Waals surface area contributed by atoms with Crippen molar-refractivity contribution in [2.75, 3.05) is 26.1 Å². The number of anilines is 1. The fourth-order valence-corrected chi connectivity index (χ4v) is 1.61. The molecule has 1 aromatic heterocycles. The molecule has 1 amide bonds. The van der Waals surface area contributed by atoms with Crippen molar-refractivity contribution in [2.24, 2.45) is 0 Å². The molecule has 6 heteroatoms. The molecule has 0 aliphatic heterocycles. The Morgan fingerprint density at radius 2 is 2.05 bits per heavy atom. The zero-order valence-corrected chi connectivity index (χ0v) is 10.8. The number of hydrogen-bond donors (Lipinski definition) is 2. The second-order valence-corrected chi connectivity index (χ2v) is 3.88. The van der Waals surface area contributed by atoms with E-state index in [0.29, 0.717) is 5.82 Å². The molecule has 0 radical (unpaired) electrons. The number of carbonyl (C=O) groups excluding carboxylic acids is 1. The van der Waals surface area contributed by atoms with Crippen molar-refractivity contribution < 1.29 is 14.3 Å². The molecular weight excluding hydrogens is 246 g/mol. The molecule has 0 saturated heterocycles. The topological polar surface area (TPSA) is 76.2 Å². The van der Waals surface area contributed by atoms with E-state index < -0.39 is 0 Å². The van der Waals surface area contributed by atoms with E-state index in [0.717, 1.165) is 17.0 Å². The fraction of sp³-hybridized carbons (Fsp3) is 0.231. The van der Waals surface area contributed by atoms with Gasteiger partial charge in [-0.2, -0.15) is 5.10 Å². The van der Waals surface area contributed by atoms with Gasteiger partial charge in [-0.05, 0) is 29.8 Å². The molecule has 2 rings (SSSR count). The SMILES string of the molecule is COCC(=O)Nc1cc(-c2ccc(OC)cc2)[nH]n1. The Hall–Kier alpha value is -2.34. The molecule has 1 aromatic carbocycles. The number of nitrogens with one attached hydrogen (secondary N) is 2. The van der Waals surface area contributed by atoms with Crippen molar-refractivity contribution >= 4 is 11.7 Å². The van der Waals surface area contributed by atoms with Gasteiger partial charge in [0.15, 0.2) is 5.82 Å². The normalized spacial score (nSPS) is 10.2. The molecular formula is C13H15N3O3. The number of ether oxygens (including phenoxy) is 2. The minimum atomic E-state index is -0.240. The minimum absolute atomic E-state index is 0.00469. The highest BCUT2D eigenvalue weighted by Crippen LogP contribution is 2.22. The summed E-state index contributed by atoms with van der Waals surface area (Å²) in [4.78, 5) is 11.3. The minimum Gasteiger partial charge on any atom is -0.497 e. The monoisotopic (exact) mass is 261 g/mol. The maximum absolute atomic E-state index is 11.3. The maximum atomic E-state index is 11.3. The zero-order chi connectivity index (χ0) is 13.7. The van der Waals surface area contributed by atoms with Crippen molar-refractivity contribution in [3.63, 3.8) is 0 Å². The lowest BCUT2D eigenvalue weighted by atomic mass is 10.1. The summed E-state index contributed by atoms with van der Waals surface area (Å²) in [5, 5.41) is 9.50. The summed E-state index contributed by atoms with van der Waals surface area (Å²) in [6, 6.07) is 9.30.